The van der Waals surface area contributed by atoms with E-state index in [-0.39, 0.29) is 5.70 Å². The molecule has 178 valence electrons. The first-order valence-electron chi connectivity index (χ1n) is 10.7. The van der Waals surface area contributed by atoms with E-state index in [9.17, 15) is 14.4 Å². The number of amides is 4. The predicted octanol–water partition coefficient (Wildman–Crippen LogP) is 4.57. The van der Waals surface area contributed by atoms with Gasteiger partial charge in [0.1, 0.15) is 30.3 Å². The topological polar surface area (TPSA) is 97.0 Å². The van der Waals surface area contributed by atoms with E-state index in [2.05, 4.69) is 26.6 Å². The van der Waals surface area contributed by atoms with Crippen LogP contribution >= 0.6 is 15.9 Å². The Morgan fingerprint density at radius 3 is 2.54 bits per heavy atom. The minimum Gasteiger partial charge on any atom is -0.495 e. The number of para-hydroxylation sites is 2. The Balaban J connectivity index is 1.48. The average Bonchev–Trinajstić information content (AvgIpc) is 3.11. The summed E-state index contributed by atoms with van der Waals surface area (Å²) in [5.74, 6) is -0.136. The molecule has 4 rings (SSSR count). The smallest absolute Gasteiger partial charge is 0.329 e. The van der Waals surface area contributed by atoms with Gasteiger partial charge in [-0.3, -0.25) is 9.59 Å². The van der Waals surface area contributed by atoms with Gasteiger partial charge in [-0.1, -0.05) is 58.4 Å². The van der Waals surface area contributed by atoms with E-state index in [1.807, 2.05) is 36.4 Å². The highest BCUT2D eigenvalue weighted by atomic mass is 79.9. The molecule has 1 aliphatic rings. The number of nitrogens with zero attached hydrogens (tertiary/aromatic N) is 1. The van der Waals surface area contributed by atoms with E-state index in [0.29, 0.717) is 29.4 Å². The fourth-order valence-electron chi connectivity index (χ4n) is 3.45. The molecule has 0 saturated carbocycles. The average molecular weight is 536 g/mol. The maximum absolute atomic E-state index is 12.9. The van der Waals surface area contributed by atoms with Crippen molar-refractivity contribution in [3.05, 3.63) is 94.1 Å². The number of urea groups is 1. The quantitative estimate of drug-likeness (QED) is 0.325. The molecule has 0 atom stereocenters. The van der Waals surface area contributed by atoms with Gasteiger partial charge in [0.15, 0.2) is 0 Å². The van der Waals surface area contributed by atoms with Crippen LogP contribution in [0.15, 0.2) is 83.0 Å². The summed E-state index contributed by atoms with van der Waals surface area (Å²) in [4.78, 5) is 38.8. The summed E-state index contributed by atoms with van der Waals surface area (Å²) in [6.45, 7) is -0.107. The summed E-state index contributed by atoms with van der Waals surface area (Å²) in [6.07, 6.45) is 1.53. The van der Waals surface area contributed by atoms with Gasteiger partial charge in [-0.05, 0) is 42.0 Å². The highest BCUT2D eigenvalue weighted by molar-refractivity contribution is 9.10. The minimum atomic E-state index is -0.682. The number of hydrogen-bond donors (Lipinski definition) is 2. The van der Waals surface area contributed by atoms with Crippen molar-refractivity contribution in [2.75, 3.05) is 19.0 Å². The second-order valence-electron chi connectivity index (χ2n) is 7.58. The molecule has 1 saturated heterocycles. The highest BCUT2D eigenvalue weighted by Crippen LogP contribution is 2.28. The Labute approximate surface area is 210 Å². The molecule has 0 bridgehead atoms. The van der Waals surface area contributed by atoms with Crippen LogP contribution in [-0.2, 0) is 16.2 Å². The van der Waals surface area contributed by atoms with Crippen molar-refractivity contribution in [1.29, 1.82) is 0 Å². The third-order valence-corrected chi connectivity index (χ3v) is 5.65. The summed E-state index contributed by atoms with van der Waals surface area (Å²) in [6, 6.07) is 21.2. The summed E-state index contributed by atoms with van der Waals surface area (Å²) in [7, 11) is 1.49. The summed E-state index contributed by atoms with van der Waals surface area (Å²) in [5, 5.41) is 5.20. The number of methoxy groups -OCH3 is 1. The molecule has 9 heteroatoms. The van der Waals surface area contributed by atoms with Crippen LogP contribution in [0.5, 0.6) is 11.5 Å². The number of halogens is 1. The number of carbonyl (C=O) groups excluding carboxylic acids is 3. The van der Waals surface area contributed by atoms with Crippen LogP contribution in [0.2, 0.25) is 0 Å². The molecule has 3 aromatic carbocycles. The van der Waals surface area contributed by atoms with Gasteiger partial charge in [-0.25, -0.2) is 9.69 Å². The van der Waals surface area contributed by atoms with Gasteiger partial charge in [0.2, 0.25) is 5.91 Å². The lowest BCUT2D eigenvalue weighted by Gasteiger charge is -2.13. The van der Waals surface area contributed by atoms with Crippen molar-refractivity contribution < 1.29 is 23.9 Å². The van der Waals surface area contributed by atoms with Gasteiger partial charge in [0.05, 0.1) is 12.8 Å². The number of hydrogen-bond acceptors (Lipinski definition) is 5. The molecule has 8 nitrogen and oxygen atoms in total. The van der Waals surface area contributed by atoms with Crippen LogP contribution in [0.3, 0.4) is 0 Å². The number of benzene rings is 3. The molecule has 0 radical (unpaired) electrons. The molecule has 3 aromatic rings. The summed E-state index contributed by atoms with van der Waals surface area (Å²) < 4.78 is 11.9. The zero-order valence-corrected chi connectivity index (χ0v) is 20.4. The van der Waals surface area contributed by atoms with Crippen molar-refractivity contribution in [2.24, 2.45) is 0 Å². The number of carbonyl (C=O) groups is 3. The Bertz CT molecular complexity index is 1290. The molecule has 4 amide bonds. The normalized spacial score (nSPS) is 14.1. The lowest BCUT2D eigenvalue weighted by molar-refractivity contribution is -0.127. The zero-order chi connectivity index (χ0) is 24.8. The van der Waals surface area contributed by atoms with E-state index >= 15 is 0 Å². The van der Waals surface area contributed by atoms with E-state index in [1.165, 1.54) is 13.2 Å². The largest absolute Gasteiger partial charge is 0.495 e. The van der Waals surface area contributed by atoms with Crippen molar-refractivity contribution >= 4 is 45.5 Å². The minimum absolute atomic E-state index is 0.0442. The third kappa shape index (κ3) is 5.88. The highest BCUT2D eigenvalue weighted by Gasteiger charge is 2.35. The summed E-state index contributed by atoms with van der Waals surface area (Å²) >= 11 is 3.43. The lowest BCUT2D eigenvalue weighted by atomic mass is 10.1. The van der Waals surface area contributed by atoms with Gasteiger partial charge in [-0.15, -0.1) is 0 Å². The van der Waals surface area contributed by atoms with Gasteiger partial charge < -0.3 is 20.1 Å². The number of imide groups is 1. The van der Waals surface area contributed by atoms with Gasteiger partial charge >= 0.3 is 6.03 Å². The van der Waals surface area contributed by atoms with E-state index in [4.69, 9.17) is 9.47 Å². The number of rotatable bonds is 8. The van der Waals surface area contributed by atoms with Crippen molar-refractivity contribution in [3.63, 3.8) is 0 Å². The fourth-order valence-corrected chi connectivity index (χ4v) is 3.83. The Kier molecular flexibility index (Phi) is 7.47. The molecule has 0 unspecified atom stereocenters. The number of nitrogens with one attached hydrogen (secondary N) is 2. The van der Waals surface area contributed by atoms with Crippen LogP contribution in [-0.4, -0.2) is 36.4 Å². The lowest BCUT2D eigenvalue weighted by Crippen LogP contribution is -2.38. The zero-order valence-electron chi connectivity index (χ0n) is 18.8. The Morgan fingerprint density at radius 2 is 1.77 bits per heavy atom. The van der Waals surface area contributed by atoms with E-state index in [0.717, 1.165) is 14.9 Å². The molecule has 0 spiro atoms. The van der Waals surface area contributed by atoms with Crippen molar-refractivity contribution in [3.8, 4) is 11.5 Å². The van der Waals surface area contributed by atoms with Gasteiger partial charge in [-0.2, -0.15) is 0 Å². The van der Waals surface area contributed by atoms with Gasteiger partial charge in [0, 0.05) is 10.0 Å². The maximum Gasteiger partial charge on any atom is 0.329 e. The predicted molar refractivity (Wildman–Crippen MR) is 135 cm³/mol. The molecule has 1 fully saturated rings. The van der Waals surface area contributed by atoms with E-state index < -0.39 is 24.4 Å². The monoisotopic (exact) mass is 535 g/mol. The number of ether oxygens (including phenoxy) is 2. The SMILES string of the molecule is COc1ccccc1NC(=O)CN1C(=O)N/C(=C/c2cc(Br)ccc2OCc2ccccc2)C1=O. The second-order valence-corrected chi connectivity index (χ2v) is 8.50. The summed E-state index contributed by atoms with van der Waals surface area (Å²) in [5.41, 5.74) is 2.07. The van der Waals surface area contributed by atoms with Gasteiger partial charge in [0.25, 0.3) is 5.91 Å². The molecule has 2 N–H and O–H groups in total. The molecule has 0 aliphatic carbocycles. The van der Waals surface area contributed by atoms with Crippen LogP contribution < -0.4 is 20.1 Å². The molecular weight excluding hydrogens is 514 g/mol. The van der Waals surface area contributed by atoms with Crippen LogP contribution in [0.4, 0.5) is 10.5 Å². The maximum atomic E-state index is 12.9. The molecule has 0 aromatic heterocycles. The van der Waals surface area contributed by atoms with Crippen LogP contribution in [0.25, 0.3) is 6.08 Å². The van der Waals surface area contributed by atoms with Crippen LogP contribution in [0, 0.1) is 0 Å². The Morgan fingerprint density at radius 1 is 1.03 bits per heavy atom. The first-order valence-corrected chi connectivity index (χ1v) is 11.5. The van der Waals surface area contributed by atoms with Crippen molar-refractivity contribution in [2.45, 2.75) is 6.61 Å². The molecule has 35 heavy (non-hydrogen) atoms. The Hall–Kier alpha value is -4.11. The fraction of sp³-hybridized carbons (Fsp3) is 0.115. The molecular formula is C26H22BrN3O5. The molecule has 1 heterocycles. The van der Waals surface area contributed by atoms with E-state index in [1.54, 1.807) is 36.4 Å². The van der Waals surface area contributed by atoms with Crippen LogP contribution in [0.1, 0.15) is 11.1 Å². The first-order chi connectivity index (χ1) is 16.9. The molecule has 1 aliphatic heterocycles. The van der Waals surface area contributed by atoms with Crippen molar-refractivity contribution in [1.82, 2.24) is 10.2 Å². The third-order valence-electron chi connectivity index (χ3n) is 5.15. The standard InChI is InChI=1S/C26H22BrN3O5/c1-34-23-10-6-5-9-20(23)28-24(31)15-30-25(32)21(29-26(30)33)14-18-13-19(27)11-12-22(18)35-16-17-7-3-2-4-8-17/h2-14H,15-16H2,1H3,(H,28,31)(H,29,33)/b21-14+. The number of anilines is 1. The first kappa shape index (κ1) is 24.0. The second kappa shape index (κ2) is 10.9.